The van der Waals surface area contributed by atoms with E-state index in [4.69, 9.17) is 0 Å². The van der Waals surface area contributed by atoms with Crippen LogP contribution in [0.1, 0.15) is 17.3 Å². The van der Waals surface area contributed by atoms with E-state index < -0.39 is 15.9 Å². The lowest BCUT2D eigenvalue weighted by molar-refractivity contribution is -0.129. The van der Waals surface area contributed by atoms with Crippen molar-refractivity contribution < 1.29 is 18.0 Å². The average molecular weight is 428 g/mol. The highest BCUT2D eigenvalue weighted by molar-refractivity contribution is 7.89. The van der Waals surface area contributed by atoms with Gasteiger partial charge in [0.1, 0.15) is 5.82 Å². The molecule has 1 fully saturated rings. The minimum Gasteiger partial charge on any atom is -0.340 e. The Morgan fingerprint density at radius 3 is 2.53 bits per heavy atom. The molecule has 10 nitrogen and oxygen atoms in total. The topological polar surface area (TPSA) is 117 Å². The van der Waals surface area contributed by atoms with E-state index in [0.29, 0.717) is 24.6 Å². The number of nitrogens with one attached hydrogen (secondary N) is 1. The van der Waals surface area contributed by atoms with Crippen molar-refractivity contribution in [2.45, 2.75) is 11.8 Å². The largest absolute Gasteiger partial charge is 0.340 e. The first-order valence-electron chi connectivity index (χ1n) is 9.32. The number of amides is 2. The summed E-state index contributed by atoms with van der Waals surface area (Å²) in [7, 11) is -3.78. The molecule has 1 aliphatic rings. The smallest absolute Gasteiger partial charge is 0.256 e. The van der Waals surface area contributed by atoms with E-state index in [9.17, 15) is 18.0 Å². The summed E-state index contributed by atoms with van der Waals surface area (Å²) in [6.45, 7) is 2.58. The lowest BCUT2D eigenvalue weighted by Gasteiger charge is -2.33. The number of aromatic nitrogens is 3. The molecule has 1 saturated heterocycles. The number of fused-ring (bicyclic) bond motifs is 1. The zero-order valence-corrected chi connectivity index (χ0v) is 17.0. The molecule has 0 aliphatic carbocycles. The van der Waals surface area contributed by atoms with Crippen LogP contribution in [-0.2, 0) is 14.8 Å². The van der Waals surface area contributed by atoms with Gasteiger partial charge in [0.25, 0.3) is 5.91 Å². The quantitative estimate of drug-likeness (QED) is 0.658. The van der Waals surface area contributed by atoms with Crippen LogP contribution in [0, 0.1) is 0 Å². The van der Waals surface area contributed by atoms with Crippen molar-refractivity contribution in [1.82, 2.24) is 23.8 Å². The summed E-state index contributed by atoms with van der Waals surface area (Å²) in [4.78, 5) is 30.0. The van der Waals surface area contributed by atoms with Crippen LogP contribution in [0.5, 0.6) is 0 Å². The van der Waals surface area contributed by atoms with Gasteiger partial charge in [0.15, 0.2) is 5.65 Å². The van der Waals surface area contributed by atoms with Crippen LogP contribution in [0.3, 0.4) is 0 Å². The molecular weight excluding hydrogens is 408 g/mol. The number of nitrogens with zero attached hydrogens (tertiary/aromatic N) is 5. The van der Waals surface area contributed by atoms with Crippen LogP contribution in [-0.4, -0.2) is 70.2 Å². The molecule has 3 heterocycles. The molecule has 156 valence electrons. The number of carbonyl (C=O) groups is 2. The second-order valence-electron chi connectivity index (χ2n) is 6.82. The molecule has 4 rings (SSSR count). The molecule has 1 N–H and O–H groups in total. The zero-order chi connectivity index (χ0) is 21.3. The van der Waals surface area contributed by atoms with Crippen molar-refractivity contribution in [2.24, 2.45) is 0 Å². The second kappa shape index (κ2) is 7.84. The first-order valence-corrected chi connectivity index (χ1v) is 10.8. The average Bonchev–Trinajstić information content (AvgIpc) is 3.24. The van der Waals surface area contributed by atoms with Gasteiger partial charge < -0.3 is 10.2 Å². The number of sulfonamides is 1. The number of piperazine rings is 1. The summed E-state index contributed by atoms with van der Waals surface area (Å²) in [5.74, 6) is -0.117. The van der Waals surface area contributed by atoms with Gasteiger partial charge in [-0.25, -0.2) is 13.4 Å². The summed E-state index contributed by atoms with van der Waals surface area (Å²) < 4.78 is 28.8. The normalized spacial score (nSPS) is 15.3. The van der Waals surface area contributed by atoms with Gasteiger partial charge in [0.2, 0.25) is 15.9 Å². The third-order valence-corrected chi connectivity index (χ3v) is 6.84. The molecule has 2 aromatic heterocycles. The van der Waals surface area contributed by atoms with Crippen LogP contribution in [0.15, 0.2) is 53.7 Å². The van der Waals surface area contributed by atoms with Crippen LogP contribution >= 0.6 is 0 Å². The Hall–Kier alpha value is -3.31. The molecule has 1 aliphatic heterocycles. The maximum absolute atomic E-state index is 13.0. The molecule has 1 aromatic carbocycles. The molecule has 0 radical (unpaired) electrons. The molecular formula is C19H20N6O4S. The fourth-order valence-corrected chi connectivity index (χ4v) is 4.78. The number of benzene rings is 1. The first-order chi connectivity index (χ1) is 14.4. The predicted molar refractivity (Wildman–Crippen MR) is 108 cm³/mol. The van der Waals surface area contributed by atoms with Gasteiger partial charge in [0.05, 0.1) is 11.1 Å². The SMILES string of the molecule is CC(=O)N1CCN(S(=O)(=O)c2cccc(C(=O)Nc3ccnc4ccnn34)c2)CC1. The Kier molecular flexibility index (Phi) is 5.22. The van der Waals surface area contributed by atoms with Crippen molar-refractivity contribution in [1.29, 1.82) is 0 Å². The molecule has 30 heavy (non-hydrogen) atoms. The summed E-state index contributed by atoms with van der Waals surface area (Å²) in [5.41, 5.74) is 0.782. The number of hydrogen-bond acceptors (Lipinski definition) is 6. The maximum Gasteiger partial charge on any atom is 0.256 e. The van der Waals surface area contributed by atoms with E-state index >= 15 is 0 Å². The molecule has 3 aromatic rings. The van der Waals surface area contributed by atoms with Gasteiger partial charge in [-0.1, -0.05) is 6.07 Å². The number of hydrogen-bond donors (Lipinski definition) is 1. The van der Waals surface area contributed by atoms with E-state index in [-0.39, 0.29) is 29.5 Å². The monoisotopic (exact) mass is 428 g/mol. The highest BCUT2D eigenvalue weighted by Gasteiger charge is 2.29. The van der Waals surface area contributed by atoms with Crippen molar-refractivity contribution in [3.05, 3.63) is 54.4 Å². The Balaban J connectivity index is 1.54. The van der Waals surface area contributed by atoms with Gasteiger partial charge >= 0.3 is 0 Å². The highest BCUT2D eigenvalue weighted by atomic mass is 32.2. The predicted octanol–water partition coefficient (Wildman–Crippen LogP) is 0.834. The van der Waals surface area contributed by atoms with Gasteiger partial charge in [-0.05, 0) is 24.3 Å². The molecule has 11 heteroatoms. The van der Waals surface area contributed by atoms with Crippen molar-refractivity contribution in [3.63, 3.8) is 0 Å². The molecule has 0 unspecified atom stereocenters. The Morgan fingerprint density at radius 1 is 1.03 bits per heavy atom. The van der Waals surface area contributed by atoms with Gasteiger partial charge in [-0.2, -0.15) is 13.9 Å². The fraction of sp³-hybridized carbons (Fsp3) is 0.263. The minimum atomic E-state index is -3.78. The van der Waals surface area contributed by atoms with E-state index in [1.165, 1.54) is 33.9 Å². The molecule has 0 saturated carbocycles. The summed E-state index contributed by atoms with van der Waals surface area (Å²) in [6.07, 6.45) is 3.12. The van der Waals surface area contributed by atoms with Gasteiger partial charge in [0, 0.05) is 50.9 Å². The van der Waals surface area contributed by atoms with E-state index in [2.05, 4.69) is 15.4 Å². The summed E-state index contributed by atoms with van der Waals surface area (Å²) in [5, 5.41) is 6.84. The molecule has 0 bridgehead atoms. The molecule has 0 atom stereocenters. The Labute approximate surface area is 173 Å². The summed E-state index contributed by atoms with van der Waals surface area (Å²) >= 11 is 0. The third-order valence-electron chi connectivity index (χ3n) is 4.95. The summed E-state index contributed by atoms with van der Waals surface area (Å²) in [6, 6.07) is 9.19. The van der Waals surface area contributed by atoms with E-state index in [1.54, 1.807) is 35.5 Å². The van der Waals surface area contributed by atoms with Crippen molar-refractivity contribution in [3.8, 4) is 0 Å². The van der Waals surface area contributed by atoms with Gasteiger partial charge in [-0.3, -0.25) is 9.59 Å². The van der Waals surface area contributed by atoms with Crippen LogP contribution in [0.4, 0.5) is 5.82 Å². The van der Waals surface area contributed by atoms with Crippen LogP contribution < -0.4 is 5.32 Å². The lowest BCUT2D eigenvalue weighted by Crippen LogP contribution is -2.49. The first kappa shape index (κ1) is 20.0. The standard InChI is InChI=1S/C19H20N6O4S/c1-14(26)23-9-11-24(12-10-23)30(28,29)16-4-2-3-15(13-16)19(27)22-18-5-7-20-17-6-8-21-25(17)18/h2-8,13H,9-12H2,1H3,(H,22,27). The van der Waals surface area contributed by atoms with Gasteiger partial charge in [-0.15, -0.1) is 0 Å². The second-order valence-corrected chi connectivity index (χ2v) is 8.76. The number of rotatable bonds is 4. The number of anilines is 1. The van der Waals surface area contributed by atoms with Crippen LogP contribution in [0.25, 0.3) is 5.65 Å². The van der Waals surface area contributed by atoms with E-state index in [1.807, 2.05) is 0 Å². The Bertz CT molecular complexity index is 1210. The highest BCUT2D eigenvalue weighted by Crippen LogP contribution is 2.20. The zero-order valence-electron chi connectivity index (χ0n) is 16.2. The minimum absolute atomic E-state index is 0.0328. The lowest BCUT2D eigenvalue weighted by atomic mass is 10.2. The molecule has 0 spiro atoms. The molecule has 2 amide bonds. The third kappa shape index (κ3) is 3.76. The van der Waals surface area contributed by atoms with E-state index in [0.717, 1.165) is 0 Å². The fourth-order valence-electron chi connectivity index (χ4n) is 3.31. The number of carbonyl (C=O) groups excluding carboxylic acids is 2. The van der Waals surface area contributed by atoms with Crippen molar-refractivity contribution >= 4 is 33.3 Å². The van der Waals surface area contributed by atoms with Crippen molar-refractivity contribution in [2.75, 3.05) is 31.5 Å². The Morgan fingerprint density at radius 2 is 1.80 bits per heavy atom. The maximum atomic E-state index is 13.0. The van der Waals surface area contributed by atoms with Crippen LogP contribution in [0.2, 0.25) is 0 Å².